The topological polar surface area (TPSA) is 71.1 Å². The summed E-state index contributed by atoms with van der Waals surface area (Å²) >= 11 is 0. The second-order valence-electron chi connectivity index (χ2n) is 7.41. The molecular formula is C23H25N3O4. The summed E-state index contributed by atoms with van der Waals surface area (Å²) in [6.07, 6.45) is 0.760. The number of ether oxygens (including phenoxy) is 2. The second-order valence-corrected chi connectivity index (χ2v) is 7.41. The van der Waals surface area contributed by atoms with Crippen molar-refractivity contribution in [2.75, 3.05) is 34.4 Å². The Balaban J connectivity index is 1.64. The number of amides is 3. The van der Waals surface area contributed by atoms with E-state index >= 15 is 0 Å². The van der Waals surface area contributed by atoms with Gasteiger partial charge in [-0.25, -0.2) is 4.79 Å². The van der Waals surface area contributed by atoms with Crippen LogP contribution in [0.1, 0.15) is 17.2 Å². The maximum Gasteiger partial charge on any atom is 0.322 e. The van der Waals surface area contributed by atoms with E-state index in [-0.39, 0.29) is 11.9 Å². The molecule has 1 atom stereocenters. The first kappa shape index (κ1) is 19.8. The van der Waals surface area contributed by atoms with Gasteiger partial charge in [-0.1, -0.05) is 30.3 Å². The van der Waals surface area contributed by atoms with Gasteiger partial charge in [0.05, 0.1) is 38.1 Å². The third kappa shape index (κ3) is 3.58. The fourth-order valence-corrected chi connectivity index (χ4v) is 3.96. The van der Waals surface area contributed by atoms with E-state index in [1.807, 2.05) is 30.3 Å². The summed E-state index contributed by atoms with van der Waals surface area (Å²) < 4.78 is 10.7. The highest BCUT2D eigenvalue weighted by atomic mass is 16.5. The van der Waals surface area contributed by atoms with Crippen LogP contribution in [0.2, 0.25) is 0 Å². The van der Waals surface area contributed by atoms with Gasteiger partial charge in [0.15, 0.2) is 0 Å². The van der Waals surface area contributed by atoms with Crippen molar-refractivity contribution in [3.05, 3.63) is 70.9 Å². The second kappa shape index (κ2) is 8.10. The van der Waals surface area contributed by atoms with Crippen LogP contribution in [0, 0.1) is 0 Å². The van der Waals surface area contributed by atoms with E-state index in [1.54, 1.807) is 32.2 Å². The van der Waals surface area contributed by atoms with Crippen molar-refractivity contribution in [1.82, 2.24) is 15.1 Å². The Bertz CT molecular complexity index is 981. The molecule has 0 saturated heterocycles. The molecule has 0 spiro atoms. The van der Waals surface area contributed by atoms with E-state index in [0.717, 1.165) is 17.7 Å². The monoisotopic (exact) mass is 407 g/mol. The number of benzene rings is 2. The molecule has 4 rings (SSSR count). The van der Waals surface area contributed by atoms with Crippen molar-refractivity contribution in [3.63, 3.8) is 0 Å². The van der Waals surface area contributed by atoms with Crippen LogP contribution in [0.25, 0.3) is 0 Å². The van der Waals surface area contributed by atoms with Crippen molar-refractivity contribution in [3.8, 4) is 11.5 Å². The molecule has 2 aliphatic rings. The van der Waals surface area contributed by atoms with Crippen LogP contribution >= 0.6 is 0 Å². The van der Waals surface area contributed by atoms with Crippen molar-refractivity contribution in [2.24, 2.45) is 0 Å². The average Bonchev–Trinajstić information content (AvgIpc) is 3.11. The summed E-state index contributed by atoms with van der Waals surface area (Å²) in [6, 6.07) is 14.7. The number of nitrogens with zero attached hydrogens (tertiary/aromatic N) is 2. The molecule has 0 fully saturated rings. The summed E-state index contributed by atoms with van der Waals surface area (Å²) in [5.41, 5.74) is 3.26. The molecule has 156 valence electrons. The fraction of sp³-hybridized carbons (Fsp3) is 0.304. The van der Waals surface area contributed by atoms with E-state index in [1.165, 1.54) is 10.5 Å². The molecular weight excluding hydrogens is 382 g/mol. The summed E-state index contributed by atoms with van der Waals surface area (Å²) in [7, 11) is 4.84. The van der Waals surface area contributed by atoms with Crippen molar-refractivity contribution in [1.29, 1.82) is 0 Å². The number of rotatable bonds is 6. The van der Waals surface area contributed by atoms with Crippen LogP contribution in [0.15, 0.2) is 59.8 Å². The van der Waals surface area contributed by atoms with Gasteiger partial charge in [0.1, 0.15) is 11.5 Å². The van der Waals surface area contributed by atoms with E-state index in [4.69, 9.17) is 9.47 Å². The predicted molar refractivity (Wildman–Crippen MR) is 112 cm³/mol. The first-order valence-corrected chi connectivity index (χ1v) is 9.85. The summed E-state index contributed by atoms with van der Waals surface area (Å²) in [4.78, 5) is 29.3. The predicted octanol–water partition coefficient (Wildman–Crippen LogP) is 2.74. The van der Waals surface area contributed by atoms with Gasteiger partial charge < -0.3 is 19.7 Å². The van der Waals surface area contributed by atoms with Crippen molar-refractivity contribution >= 4 is 11.9 Å². The van der Waals surface area contributed by atoms with E-state index in [9.17, 15) is 9.59 Å². The van der Waals surface area contributed by atoms with E-state index in [2.05, 4.69) is 17.4 Å². The Morgan fingerprint density at radius 2 is 1.70 bits per heavy atom. The Kier molecular flexibility index (Phi) is 5.35. The van der Waals surface area contributed by atoms with Crippen LogP contribution in [0.4, 0.5) is 4.79 Å². The van der Waals surface area contributed by atoms with Crippen LogP contribution in [-0.2, 0) is 11.2 Å². The number of methoxy groups -OCH3 is 2. The maximum absolute atomic E-state index is 13.3. The molecule has 2 heterocycles. The largest absolute Gasteiger partial charge is 0.497 e. The standard InChI is InChI=1S/C23H25N3O4/c1-25-19-14-26(10-9-15-7-5-4-6-8-15)22(27)20(19)21(24-23(25)28)16-11-17(29-2)13-18(12-16)30-3/h4-8,11-13,21H,9-10,14H2,1-3H3,(H,24,28)/t21-/m1/s1. The number of carbonyl (C=O) groups excluding carboxylic acids is 2. The third-order valence-electron chi connectivity index (χ3n) is 5.66. The van der Waals surface area contributed by atoms with E-state index in [0.29, 0.717) is 30.2 Å². The van der Waals surface area contributed by atoms with Gasteiger partial charge in [0.25, 0.3) is 5.91 Å². The molecule has 3 amide bonds. The molecule has 0 saturated carbocycles. The molecule has 0 aliphatic carbocycles. The van der Waals surface area contributed by atoms with E-state index < -0.39 is 6.04 Å². The summed E-state index contributed by atoms with van der Waals surface area (Å²) in [6.45, 7) is 1.01. The number of urea groups is 1. The first-order valence-electron chi connectivity index (χ1n) is 9.85. The van der Waals surface area contributed by atoms with Crippen LogP contribution in [0.3, 0.4) is 0 Å². The highest BCUT2D eigenvalue weighted by Gasteiger charge is 2.42. The lowest BCUT2D eigenvalue weighted by Gasteiger charge is -2.31. The van der Waals surface area contributed by atoms with Crippen LogP contribution < -0.4 is 14.8 Å². The maximum atomic E-state index is 13.3. The number of hydrogen-bond acceptors (Lipinski definition) is 4. The molecule has 0 unspecified atom stereocenters. The summed E-state index contributed by atoms with van der Waals surface area (Å²) in [5.74, 6) is 1.15. The number of hydrogen-bond donors (Lipinski definition) is 1. The minimum absolute atomic E-state index is 0.0560. The molecule has 30 heavy (non-hydrogen) atoms. The zero-order chi connectivity index (χ0) is 21.3. The van der Waals surface area contributed by atoms with Gasteiger partial charge in [-0.15, -0.1) is 0 Å². The molecule has 0 radical (unpaired) electrons. The minimum Gasteiger partial charge on any atom is -0.497 e. The molecule has 0 aromatic heterocycles. The molecule has 0 bridgehead atoms. The third-order valence-corrected chi connectivity index (χ3v) is 5.66. The minimum atomic E-state index is -0.554. The zero-order valence-electron chi connectivity index (χ0n) is 17.3. The fourth-order valence-electron chi connectivity index (χ4n) is 3.96. The van der Waals surface area contributed by atoms with Crippen molar-refractivity contribution in [2.45, 2.75) is 12.5 Å². The molecule has 2 aliphatic heterocycles. The number of carbonyl (C=O) groups is 2. The van der Waals surface area contributed by atoms with Gasteiger partial charge in [0.2, 0.25) is 0 Å². The highest BCUT2D eigenvalue weighted by Crippen LogP contribution is 2.38. The lowest BCUT2D eigenvalue weighted by molar-refractivity contribution is -0.125. The molecule has 2 aromatic carbocycles. The lowest BCUT2D eigenvalue weighted by atomic mass is 9.95. The quantitative estimate of drug-likeness (QED) is 0.799. The van der Waals surface area contributed by atoms with Crippen molar-refractivity contribution < 1.29 is 19.1 Å². The van der Waals surface area contributed by atoms with Crippen LogP contribution in [-0.4, -0.2) is 56.1 Å². The number of nitrogens with one attached hydrogen (secondary N) is 1. The van der Waals surface area contributed by atoms with Gasteiger partial charge in [0, 0.05) is 19.7 Å². The Morgan fingerprint density at radius 1 is 1.03 bits per heavy atom. The van der Waals surface area contributed by atoms with Gasteiger partial charge in [-0.05, 0) is 29.7 Å². The van der Waals surface area contributed by atoms with Gasteiger partial charge >= 0.3 is 6.03 Å². The molecule has 7 nitrogen and oxygen atoms in total. The van der Waals surface area contributed by atoms with Gasteiger partial charge in [-0.3, -0.25) is 9.69 Å². The Labute approximate surface area is 175 Å². The lowest BCUT2D eigenvalue weighted by Crippen LogP contribution is -2.45. The SMILES string of the molecule is COc1cc(OC)cc([C@H]2NC(=O)N(C)C3=C2C(=O)N(CCc2ccccc2)C3)c1. The normalized spacial score (nSPS) is 18.4. The first-order chi connectivity index (χ1) is 14.5. The molecule has 7 heteroatoms. The zero-order valence-corrected chi connectivity index (χ0v) is 17.3. The molecule has 1 N–H and O–H groups in total. The van der Waals surface area contributed by atoms with Crippen LogP contribution in [0.5, 0.6) is 11.5 Å². The number of likely N-dealkylation sites (N-methyl/N-ethyl adjacent to an activating group) is 1. The summed E-state index contributed by atoms with van der Waals surface area (Å²) in [5, 5.41) is 2.95. The Morgan fingerprint density at radius 3 is 2.33 bits per heavy atom. The molecule has 2 aromatic rings. The Hall–Kier alpha value is -3.48. The smallest absolute Gasteiger partial charge is 0.322 e. The highest BCUT2D eigenvalue weighted by molar-refractivity contribution is 6.01. The van der Waals surface area contributed by atoms with Gasteiger partial charge in [-0.2, -0.15) is 0 Å². The average molecular weight is 407 g/mol.